The molecule has 0 spiro atoms. The first-order valence-electron chi connectivity index (χ1n) is 9.02. The molecule has 4 rings (SSSR count). The number of anilines is 1. The van der Waals surface area contributed by atoms with Gasteiger partial charge in [-0.2, -0.15) is 0 Å². The predicted octanol–water partition coefficient (Wildman–Crippen LogP) is 3.82. The van der Waals surface area contributed by atoms with Gasteiger partial charge in [0.2, 0.25) is 0 Å². The van der Waals surface area contributed by atoms with Crippen LogP contribution in [0.25, 0.3) is 11.2 Å². The second-order valence-electron chi connectivity index (χ2n) is 7.05. The number of rotatable bonds is 5. The van der Waals surface area contributed by atoms with Crippen molar-refractivity contribution in [2.45, 2.75) is 39.3 Å². The number of pyridine rings is 1. The molecule has 25 heavy (non-hydrogen) atoms. The van der Waals surface area contributed by atoms with Crippen LogP contribution >= 0.6 is 0 Å². The van der Waals surface area contributed by atoms with Crippen molar-refractivity contribution in [1.82, 2.24) is 19.9 Å². The second kappa shape index (κ2) is 6.48. The Labute approximate surface area is 148 Å². The molecule has 1 aromatic carbocycles. The van der Waals surface area contributed by atoms with Crippen LogP contribution < -0.4 is 5.32 Å². The highest BCUT2D eigenvalue weighted by Gasteiger charge is 2.25. The number of nitrogens with one attached hydrogen (secondary N) is 2. The average molecular weight is 335 g/mol. The number of fused-ring (bicyclic) bond motifs is 2. The lowest BCUT2D eigenvalue weighted by Gasteiger charge is -2.16. The summed E-state index contributed by atoms with van der Waals surface area (Å²) in [6.45, 7) is 6.31. The topological polar surface area (TPSA) is 56.8 Å². The van der Waals surface area contributed by atoms with Crippen molar-refractivity contribution in [3.05, 3.63) is 53.0 Å². The predicted molar refractivity (Wildman–Crippen MR) is 102 cm³/mol. The Balaban J connectivity index is 1.58. The number of benzene rings is 1. The van der Waals surface area contributed by atoms with Crippen molar-refractivity contribution in [3.8, 4) is 0 Å². The van der Waals surface area contributed by atoms with Gasteiger partial charge in [0, 0.05) is 24.0 Å². The minimum Gasteiger partial charge on any atom is -0.378 e. The van der Waals surface area contributed by atoms with Crippen molar-refractivity contribution in [2.24, 2.45) is 0 Å². The molecule has 0 saturated carbocycles. The molecule has 1 aliphatic rings. The van der Waals surface area contributed by atoms with Crippen LogP contribution in [0.2, 0.25) is 0 Å². The van der Waals surface area contributed by atoms with Crippen LogP contribution in [0.1, 0.15) is 41.9 Å². The van der Waals surface area contributed by atoms with Gasteiger partial charge in [-0.15, -0.1) is 0 Å². The Kier molecular flexibility index (Phi) is 4.17. The van der Waals surface area contributed by atoms with Crippen LogP contribution in [0.4, 0.5) is 5.69 Å². The van der Waals surface area contributed by atoms with Crippen molar-refractivity contribution in [3.63, 3.8) is 0 Å². The first kappa shape index (κ1) is 16.1. The van der Waals surface area contributed by atoms with Crippen LogP contribution in [0.3, 0.4) is 0 Å². The minimum absolute atomic E-state index is 0.256. The van der Waals surface area contributed by atoms with E-state index in [1.54, 1.807) is 0 Å². The Morgan fingerprint density at radius 3 is 3.00 bits per heavy atom. The summed E-state index contributed by atoms with van der Waals surface area (Å²) in [5, 5.41) is 3.70. The lowest BCUT2D eigenvalue weighted by molar-refractivity contribution is 0.327. The molecule has 0 aliphatic carbocycles. The number of imidazole rings is 1. The molecule has 2 aromatic heterocycles. The van der Waals surface area contributed by atoms with E-state index < -0.39 is 0 Å². The van der Waals surface area contributed by atoms with Gasteiger partial charge in [0.25, 0.3) is 0 Å². The Morgan fingerprint density at radius 1 is 1.28 bits per heavy atom. The first-order valence-corrected chi connectivity index (χ1v) is 9.02. The molecule has 3 heterocycles. The van der Waals surface area contributed by atoms with Gasteiger partial charge in [0.15, 0.2) is 5.65 Å². The summed E-state index contributed by atoms with van der Waals surface area (Å²) in [7, 11) is 2.18. The van der Waals surface area contributed by atoms with Gasteiger partial charge in [-0.3, -0.25) is 0 Å². The molecule has 5 nitrogen and oxygen atoms in total. The molecule has 0 amide bonds. The van der Waals surface area contributed by atoms with Crippen molar-refractivity contribution in [2.75, 3.05) is 18.9 Å². The van der Waals surface area contributed by atoms with Crippen LogP contribution in [-0.2, 0) is 13.0 Å². The number of hydrogen-bond acceptors (Lipinski definition) is 4. The smallest absolute Gasteiger partial charge is 0.157 e. The van der Waals surface area contributed by atoms with E-state index in [0.29, 0.717) is 0 Å². The molecule has 1 aliphatic heterocycles. The summed E-state index contributed by atoms with van der Waals surface area (Å²) in [5.74, 6) is 0.909. The van der Waals surface area contributed by atoms with Gasteiger partial charge < -0.3 is 15.2 Å². The number of aromatic nitrogens is 3. The fourth-order valence-electron chi connectivity index (χ4n) is 3.78. The van der Waals surface area contributed by atoms with E-state index in [1.807, 2.05) is 13.1 Å². The second-order valence-corrected chi connectivity index (χ2v) is 7.05. The molecule has 0 fully saturated rings. The van der Waals surface area contributed by atoms with Crippen LogP contribution in [0.5, 0.6) is 0 Å². The van der Waals surface area contributed by atoms with Gasteiger partial charge in [-0.05, 0) is 56.6 Å². The van der Waals surface area contributed by atoms with Crippen molar-refractivity contribution >= 4 is 16.9 Å². The average Bonchev–Trinajstić information content (AvgIpc) is 3.16. The lowest BCUT2D eigenvalue weighted by atomic mass is 10.0. The summed E-state index contributed by atoms with van der Waals surface area (Å²) in [5.41, 5.74) is 7.06. The molecule has 0 bridgehead atoms. The Bertz CT molecular complexity index is 898. The van der Waals surface area contributed by atoms with E-state index in [4.69, 9.17) is 0 Å². The van der Waals surface area contributed by atoms with E-state index in [1.165, 1.54) is 28.8 Å². The van der Waals surface area contributed by atoms with Crippen molar-refractivity contribution in [1.29, 1.82) is 0 Å². The SMILES string of the molecule is CCCN(C)Cc1ccc2c(c1)NC(c1ccnc3[nH]c(C)nc13)C2. The quantitative estimate of drug-likeness (QED) is 0.744. The monoisotopic (exact) mass is 335 g/mol. The largest absolute Gasteiger partial charge is 0.378 e. The van der Waals surface area contributed by atoms with E-state index in [9.17, 15) is 0 Å². The highest BCUT2D eigenvalue weighted by molar-refractivity contribution is 5.77. The Morgan fingerprint density at radius 2 is 2.16 bits per heavy atom. The molecule has 1 unspecified atom stereocenters. The number of hydrogen-bond donors (Lipinski definition) is 2. The van der Waals surface area contributed by atoms with Crippen LogP contribution in [0, 0.1) is 6.92 Å². The van der Waals surface area contributed by atoms with Gasteiger partial charge in [0.05, 0.1) is 6.04 Å². The van der Waals surface area contributed by atoms with Gasteiger partial charge in [-0.25, -0.2) is 9.97 Å². The lowest BCUT2D eigenvalue weighted by Crippen LogP contribution is -2.18. The van der Waals surface area contributed by atoms with Crippen LogP contribution in [0.15, 0.2) is 30.5 Å². The maximum atomic E-state index is 4.63. The zero-order valence-electron chi connectivity index (χ0n) is 15.1. The fourth-order valence-corrected chi connectivity index (χ4v) is 3.78. The molecule has 130 valence electrons. The number of aromatic amines is 1. The Hall–Kier alpha value is -2.40. The third-order valence-corrected chi connectivity index (χ3v) is 4.90. The summed E-state index contributed by atoms with van der Waals surface area (Å²) in [6.07, 6.45) is 4.04. The highest BCUT2D eigenvalue weighted by atomic mass is 15.1. The summed E-state index contributed by atoms with van der Waals surface area (Å²) < 4.78 is 0. The zero-order chi connectivity index (χ0) is 17.4. The van der Waals surface area contributed by atoms with Gasteiger partial charge >= 0.3 is 0 Å². The van der Waals surface area contributed by atoms with Crippen molar-refractivity contribution < 1.29 is 0 Å². The minimum atomic E-state index is 0.256. The fraction of sp³-hybridized carbons (Fsp3) is 0.400. The third-order valence-electron chi connectivity index (χ3n) is 4.90. The molecular weight excluding hydrogens is 310 g/mol. The van der Waals surface area contributed by atoms with Gasteiger partial charge in [0.1, 0.15) is 11.3 Å². The van der Waals surface area contributed by atoms with E-state index in [0.717, 1.165) is 36.5 Å². The maximum absolute atomic E-state index is 4.63. The molecule has 1 atom stereocenters. The van der Waals surface area contributed by atoms with Crippen LogP contribution in [-0.4, -0.2) is 33.4 Å². The van der Waals surface area contributed by atoms with E-state index in [2.05, 4.69) is 63.4 Å². The first-order chi connectivity index (χ1) is 12.1. The molecule has 3 aromatic rings. The molecule has 0 radical (unpaired) electrons. The molecular formula is C20H25N5. The number of H-pyrrole nitrogens is 1. The molecule has 2 N–H and O–H groups in total. The maximum Gasteiger partial charge on any atom is 0.157 e. The number of aryl methyl sites for hydroxylation is 1. The number of nitrogens with zero attached hydrogens (tertiary/aromatic N) is 3. The summed E-state index contributed by atoms with van der Waals surface area (Å²) >= 11 is 0. The molecule has 5 heteroatoms. The van der Waals surface area contributed by atoms with E-state index in [-0.39, 0.29) is 6.04 Å². The summed E-state index contributed by atoms with van der Waals surface area (Å²) in [6, 6.07) is 9.17. The zero-order valence-corrected chi connectivity index (χ0v) is 15.1. The summed E-state index contributed by atoms with van der Waals surface area (Å²) in [4.78, 5) is 14.6. The highest BCUT2D eigenvalue weighted by Crippen LogP contribution is 2.36. The van der Waals surface area contributed by atoms with Gasteiger partial charge in [-0.1, -0.05) is 19.1 Å². The third kappa shape index (κ3) is 3.12. The van der Waals surface area contributed by atoms with E-state index >= 15 is 0 Å². The molecule has 0 saturated heterocycles. The normalized spacial score (nSPS) is 16.4. The standard InChI is InChI=1S/C20H25N5/c1-4-9-25(3)12-14-5-6-15-11-18(24-17(15)10-14)16-7-8-21-20-19(16)22-13(2)23-20/h5-8,10,18,24H,4,9,11-12H2,1-3H3,(H,21,22,23).